The number of hydrogen-bond acceptors (Lipinski definition) is 2. The van der Waals surface area contributed by atoms with Crippen molar-refractivity contribution in [2.75, 3.05) is 25.5 Å². The van der Waals surface area contributed by atoms with Gasteiger partial charge in [0, 0.05) is 19.8 Å². The number of anilines is 1. The summed E-state index contributed by atoms with van der Waals surface area (Å²) in [6, 6.07) is 8.36. The van der Waals surface area contributed by atoms with Gasteiger partial charge in [-0.25, -0.2) is 4.39 Å². The average molecular weight is 273 g/mol. The predicted octanol–water partition coefficient (Wildman–Crippen LogP) is 1.64. The molecule has 0 aromatic heterocycles. The summed E-state index contributed by atoms with van der Waals surface area (Å²) in [5.74, 6) is -1.26. The lowest BCUT2D eigenvalue weighted by atomic mass is 10.2. The van der Waals surface area contributed by atoms with E-state index in [1.54, 1.807) is 44.4 Å². The number of likely N-dealkylation sites (N-methyl/N-ethyl adjacent to an activating group) is 1. The van der Waals surface area contributed by atoms with Gasteiger partial charge in [0.25, 0.3) is 11.5 Å². The van der Waals surface area contributed by atoms with Crippen LogP contribution in [0.4, 0.5) is 10.1 Å². The molecule has 0 N–H and O–H groups in total. The van der Waals surface area contributed by atoms with Crippen LogP contribution in [0.2, 0.25) is 0 Å². The van der Waals surface area contributed by atoms with E-state index in [1.807, 2.05) is 0 Å². The number of carbonyl (C=O) groups excluding carboxylic acids is 2. The summed E-state index contributed by atoms with van der Waals surface area (Å²) in [4.78, 5) is 25.6. The topological polar surface area (TPSA) is 40.6 Å². The molecule has 2 amide bonds. The number of halogens is 2. The molecular formula is C12H14ClFN2O2. The number of nitrogens with zero attached hydrogens (tertiary/aromatic N) is 2. The van der Waals surface area contributed by atoms with E-state index in [0.29, 0.717) is 5.69 Å². The minimum atomic E-state index is -2.17. The van der Waals surface area contributed by atoms with Crippen LogP contribution in [-0.2, 0) is 9.59 Å². The van der Waals surface area contributed by atoms with E-state index < -0.39 is 11.5 Å². The molecule has 0 saturated carbocycles. The fourth-order valence-corrected chi connectivity index (χ4v) is 1.42. The van der Waals surface area contributed by atoms with E-state index in [9.17, 15) is 14.0 Å². The van der Waals surface area contributed by atoms with Crippen LogP contribution < -0.4 is 4.90 Å². The van der Waals surface area contributed by atoms with Crippen LogP contribution in [0.25, 0.3) is 0 Å². The zero-order valence-electron chi connectivity index (χ0n) is 10.1. The van der Waals surface area contributed by atoms with Crippen molar-refractivity contribution >= 4 is 29.1 Å². The summed E-state index contributed by atoms with van der Waals surface area (Å²) in [5, 5.41) is 0. The minimum Gasteiger partial charge on any atom is -0.347 e. The number of rotatable bonds is 4. The average Bonchev–Trinajstić information content (AvgIpc) is 2.35. The predicted molar refractivity (Wildman–Crippen MR) is 68.2 cm³/mol. The van der Waals surface area contributed by atoms with Gasteiger partial charge < -0.3 is 4.90 Å². The molecule has 98 valence electrons. The molecule has 18 heavy (non-hydrogen) atoms. The number of hydrogen-bond donors (Lipinski definition) is 0. The van der Waals surface area contributed by atoms with Crippen LogP contribution in [0.15, 0.2) is 30.3 Å². The van der Waals surface area contributed by atoms with Gasteiger partial charge in [-0.3, -0.25) is 14.5 Å². The molecule has 1 unspecified atom stereocenters. The van der Waals surface area contributed by atoms with Crippen LogP contribution >= 0.6 is 11.6 Å². The SMILES string of the molecule is CN(C)C(=O)CN(C(=O)C(F)Cl)c1ccccc1. The first kappa shape index (κ1) is 14.4. The van der Waals surface area contributed by atoms with Gasteiger partial charge in [-0.15, -0.1) is 0 Å². The van der Waals surface area contributed by atoms with E-state index in [4.69, 9.17) is 11.6 Å². The van der Waals surface area contributed by atoms with E-state index in [2.05, 4.69) is 0 Å². The van der Waals surface area contributed by atoms with E-state index in [0.717, 1.165) is 4.90 Å². The molecule has 0 heterocycles. The molecule has 1 atom stereocenters. The van der Waals surface area contributed by atoms with Gasteiger partial charge in [0.15, 0.2) is 0 Å². The molecule has 0 bridgehead atoms. The van der Waals surface area contributed by atoms with Crippen molar-refractivity contribution in [2.45, 2.75) is 5.63 Å². The molecule has 1 rings (SSSR count). The molecule has 4 nitrogen and oxygen atoms in total. The van der Waals surface area contributed by atoms with Crippen molar-refractivity contribution in [1.82, 2.24) is 4.90 Å². The molecule has 6 heteroatoms. The Morgan fingerprint density at radius 1 is 1.28 bits per heavy atom. The normalized spacial score (nSPS) is 11.8. The quantitative estimate of drug-likeness (QED) is 0.782. The van der Waals surface area contributed by atoms with E-state index in [-0.39, 0.29) is 12.5 Å². The monoisotopic (exact) mass is 272 g/mol. The Balaban J connectivity index is 2.96. The standard InChI is InChI=1S/C12H14ClFN2O2/c1-15(2)10(17)8-16(12(18)11(13)14)9-6-4-3-5-7-9/h3-7,11H,8H2,1-2H3. The van der Waals surface area contributed by atoms with Crippen LogP contribution in [0.3, 0.4) is 0 Å². The summed E-state index contributed by atoms with van der Waals surface area (Å²) in [5.41, 5.74) is -1.74. The maximum atomic E-state index is 12.9. The lowest BCUT2D eigenvalue weighted by molar-refractivity contribution is -0.129. The lowest BCUT2D eigenvalue weighted by Crippen LogP contribution is -2.42. The second-order valence-electron chi connectivity index (χ2n) is 3.85. The van der Waals surface area contributed by atoms with Crippen molar-refractivity contribution in [1.29, 1.82) is 0 Å². The van der Waals surface area contributed by atoms with Crippen molar-refractivity contribution in [3.63, 3.8) is 0 Å². The number of alkyl halides is 2. The molecular weight excluding hydrogens is 259 g/mol. The third kappa shape index (κ3) is 3.70. The molecule has 0 saturated heterocycles. The number of benzene rings is 1. The maximum Gasteiger partial charge on any atom is 0.277 e. The first-order chi connectivity index (χ1) is 8.43. The van der Waals surface area contributed by atoms with Gasteiger partial charge in [-0.05, 0) is 12.1 Å². The molecule has 0 aliphatic heterocycles. The van der Waals surface area contributed by atoms with Crippen molar-refractivity contribution in [2.24, 2.45) is 0 Å². The Morgan fingerprint density at radius 2 is 1.83 bits per heavy atom. The van der Waals surface area contributed by atoms with Gasteiger partial charge in [-0.2, -0.15) is 0 Å². The molecule has 0 spiro atoms. The fourth-order valence-electron chi connectivity index (χ4n) is 1.30. The van der Waals surface area contributed by atoms with E-state index >= 15 is 0 Å². The van der Waals surface area contributed by atoms with Gasteiger partial charge >= 0.3 is 0 Å². The van der Waals surface area contributed by atoms with Crippen molar-refractivity contribution in [3.8, 4) is 0 Å². The second kappa shape index (κ2) is 6.35. The van der Waals surface area contributed by atoms with Crippen molar-refractivity contribution < 1.29 is 14.0 Å². The van der Waals surface area contributed by atoms with Gasteiger partial charge in [0.2, 0.25) is 5.91 Å². The Bertz CT molecular complexity index is 423. The van der Waals surface area contributed by atoms with Gasteiger partial charge in [0.1, 0.15) is 6.54 Å². The molecule has 0 aliphatic rings. The smallest absolute Gasteiger partial charge is 0.277 e. The number of para-hydroxylation sites is 1. The highest BCUT2D eigenvalue weighted by Gasteiger charge is 2.25. The van der Waals surface area contributed by atoms with Crippen LogP contribution in [0, 0.1) is 0 Å². The Kier molecular flexibility index (Phi) is 5.09. The highest BCUT2D eigenvalue weighted by atomic mass is 35.5. The summed E-state index contributed by atoms with van der Waals surface area (Å²) in [6.45, 7) is -0.247. The Labute approximate surface area is 110 Å². The first-order valence-electron chi connectivity index (χ1n) is 5.28. The van der Waals surface area contributed by atoms with E-state index in [1.165, 1.54) is 4.90 Å². The van der Waals surface area contributed by atoms with Crippen molar-refractivity contribution in [3.05, 3.63) is 30.3 Å². The third-order valence-electron chi connectivity index (χ3n) is 2.31. The summed E-state index contributed by atoms with van der Waals surface area (Å²) >= 11 is 5.15. The minimum absolute atomic E-state index is 0.247. The number of amides is 2. The summed E-state index contributed by atoms with van der Waals surface area (Å²) in [6.07, 6.45) is 0. The van der Waals surface area contributed by atoms with Gasteiger partial charge in [-0.1, -0.05) is 29.8 Å². The fraction of sp³-hybridized carbons (Fsp3) is 0.333. The highest BCUT2D eigenvalue weighted by Crippen LogP contribution is 2.16. The summed E-state index contributed by atoms with van der Waals surface area (Å²) in [7, 11) is 3.12. The third-order valence-corrected chi connectivity index (χ3v) is 2.50. The Hall–Kier alpha value is -1.62. The highest BCUT2D eigenvalue weighted by molar-refractivity contribution is 6.31. The lowest BCUT2D eigenvalue weighted by Gasteiger charge is -2.23. The largest absolute Gasteiger partial charge is 0.347 e. The molecule has 0 aliphatic carbocycles. The summed E-state index contributed by atoms with van der Waals surface area (Å²) < 4.78 is 12.9. The zero-order valence-corrected chi connectivity index (χ0v) is 10.9. The zero-order chi connectivity index (χ0) is 13.7. The van der Waals surface area contributed by atoms with Crippen LogP contribution in [0.1, 0.15) is 0 Å². The van der Waals surface area contributed by atoms with Gasteiger partial charge in [0.05, 0.1) is 0 Å². The first-order valence-corrected chi connectivity index (χ1v) is 5.72. The van der Waals surface area contributed by atoms with Crippen LogP contribution in [0.5, 0.6) is 0 Å². The Morgan fingerprint density at radius 3 is 2.28 bits per heavy atom. The van der Waals surface area contributed by atoms with Crippen LogP contribution in [-0.4, -0.2) is 43.0 Å². The second-order valence-corrected chi connectivity index (χ2v) is 4.23. The molecule has 1 aromatic carbocycles. The maximum absolute atomic E-state index is 12.9. The number of carbonyl (C=O) groups is 2. The molecule has 0 radical (unpaired) electrons. The molecule has 0 fully saturated rings. The molecule has 1 aromatic rings.